The number of hydrogen-bond donors (Lipinski definition) is 2. The van der Waals surface area contributed by atoms with Gasteiger partial charge >= 0.3 is 5.97 Å². The maximum Gasteiger partial charge on any atom is 0.306 e. The summed E-state index contributed by atoms with van der Waals surface area (Å²) < 4.78 is 17.6. The summed E-state index contributed by atoms with van der Waals surface area (Å²) in [6.07, 6.45) is 7.56. The van der Waals surface area contributed by atoms with Crippen molar-refractivity contribution in [2.45, 2.75) is 62.9 Å². The Hall–Kier alpha value is -4.48. The normalized spacial score (nSPS) is 30.9. The van der Waals surface area contributed by atoms with Gasteiger partial charge in [0, 0.05) is 18.7 Å². The molecule has 0 unspecified atom stereocenters. The first-order valence-electron chi connectivity index (χ1n) is 16.7. The van der Waals surface area contributed by atoms with Gasteiger partial charge in [0.2, 0.25) is 11.8 Å². The molecule has 2 aromatic carbocycles. The van der Waals surface area contributed by atoms with E-state index in [1.165, 1.54) is 4.90 Å². The van der Waals surface area contributed by atoms with E-state index in [1.807, 2.05) is 56.3 Å². The molecule has 3 amide bonds. The van der Waals surface area contributed by atoms with Gasteiger partial charge in [-0.15, -0.1) is 0 Å². The van der Waals surface area contributed by atoms with E-state index in [9.17, 15) is 19.5 Å². The molecular formula is C37H43N3O8. The number of carbonyl (C=O) groups excluding carboxylic acids is 4. The Morgan fingerprint density at radius 3 is 2.48 bits per heavy atom. The zero-order valence-electron chi connectivity index (χ0n) is 27.5. The molecule has 0 saturated carbocycles. The molecule has 0 aliphatic carbocycles. The van der Waals surface area contributed by atoms with E-state index in [-0.39, 0.29) is 32.1 Å². The number of aliphatic hydroxyl groups excluding tert-OH is 1. The number of methoxy groups -OCH3 is 1. The predicted octanol–water partition coefficient (Wildman–Crippen LogP) is 3.34. The molecule has 5 bridgehead atoms. The largest absolute Gasteiger partial charge is 0.497 e. The van der Waals surface area contributed by atoms with Crippen molar-refractivity contribution < 1.29 is 38.5 Å². The molecule has 4 aliphatic rings. The van der Waals surface area contributed by atoms with Crippen LogP contribution in [0.25, 0.3) is 0 Å². The highest BCUT2D eigenvalue weighted by Crippen LogP contribution is 2.56. The Morgan fingerprint density at radius 1 is 1.04 bits per heavy atom. The van der Waals surface area contributed by atoms with Crippen molar-refractivity contribution in [1.29, 1.82) is 0 Å². The number of aliphatic hydroxyl groups is 1. The Morgan fingerprint density at radius 2 is 1.79 bits per heavy atom. The zero-order chi connectivity index (χ0) is 34.0. The number of anilines is 1. The summed E-state index contributed by atoms with van der Waals surface area (Å²) >= 11 is 0. The minimum Gasteiger partial charge on any atom is -0.497 e. The van der Waals surface area contributed by atoms with Crippen LogP contribution in [0.4, 0.5) is 5.69 Å². The van der Waals surface area contributed by atoms with E-state index < -0.39 is 65.4 Å². The number of cyclic esters (lactones) is 1. The number of fused-ring (bicyclic) bond motifs is 2. The van der Waals surface area contributed by atoms with Gasteiger partial charge in [-0.05, 0) is 42.2 Å². The summed E-state index contributed by atoms with van der Waals surface area (Å²) in [5.74, 6) is -3.17. The second-order valence-corrected chi connectivity index (χ2v) is 12.9. The van der Waals surface area contributed by atoms with Gasteiger partial charge in [0.05, 0.1) is 43.7 Å². The van der Waals surface area contributed by atoms with Gasteiger partial charge in [-0.2, -0.15) is 0 Å². The Kier molecular flexibility index (Phi) is 9.70. The fourth-order valence-electron chi connectivity index (χ4n) is 7.51. The molecule has 11 heteroatoms. The van der Waals surface area contributed by atoms with Crippen molar-refractivity contribution in [3.05, 3.63) is 84.5 Å². The van der Waals surface area contributed by atoms with E-state index in [0.717, 1.165) is 5.56 Å². The number of likely N-dealkylation sites (tertiary alicyclic amines) is 1. The minimum atomic E-state index is -1.43. The highest BCUT2D eigenvalue weighted by atomic mass is 16.5. The number of carbonyl (C=O) groups is 4. The summed E-state index contributed by atoms with van der Waals surface area (Å²) in [5, 5.41) is 13.7. The molecule has 6 rings (SSSR count). The van der Waals surface area contributed by atoms with Crippen LogP contribution in [-0.2, 0) is 28.7 Å². The van der Waals surface area contributed by atoms with E-state index in [1.54, 1.807) is 48.4 Å². The second kappa shape index (κ2) is 13.9. The summed E-state index contributed by atoms with van der Waals surface area (Å²) in [5.41, 5.74) is -0.125. The van der Waals surface area contributed by atoms with Gasteiger partial charge in [0.15, 0.2) is 0 Å². The van der Waals surface area contributed by atoms with Crippen LogP contribution in [0.3, 0.4) is 0 Å². The predicted molar refractivity (Wildman–Crippen MR) is 177 cm³/mol. The first-order chi connectivity index (χ1) is 23.2. The first-order valence-corrected chi connectivity index (χ1v) is 16.7. The Bertz CT molecular complexity index is 1580. The van der Waals surface area contributed by atoms with E-state index >= 15 is 4.79 Å². The SMILES string of the molecule is CC[C@H](C)[C@H](CO)N1C(=O)[C@H]2[C@@H]3C(=O)N[C@H](c4ccccc4)COC(=O)CC/C=C\CN(c4ccc(OC)cc4)C(=O)[C@H]1[C@@]21C=C[C@@H]3O1. The Balaban J connectivity index is 1.46. The third-order valence-electron chi connectivity index (χ3n) is 10.2. The monoisotopic (exact) mass is 657 g/mol. The standard InChI is InChI=1S/C37H43N3O8/c1-4-23(2)28(21-41)40-33-36(45)39(25-14-16-26(46-3)17-15-25)20-10-6-9-13-30(42)47-22-27(24-11-7-5-8-12-24)38-34(43)31-29-18-19-37(33,48-29)32(31)35(40)44/h5-8,10-12,14-19,23,27-29,31-33,41H,4,9,13,20-22H2,1-3H3,(H,38,43)/b10-6-/t23-,27-,28-,29-,31+,32+,33-,37+/m0/s1. The smallest absolute Gasteiger partial charge is 0.306 e. The average molecular weight is 658 g/mol. The minimum absolute atomic E-state index is 0.0881. The summed E-state index contributed by atoms with van der Waals surface area (Å²) in [4.78, 5) is 59.8. The van der Waals surface area contributed by atoms with Crippen molar-refractivity contribution in [2.24, 2.45) is 17.8 Å². The molecule has 48 heavy (non-hydrogen) atoms. The molecule has 0 aromatic heterocycles. The van der Waals surface area contributed by atoms with Crippen molar-refractivity contribution in [3.63, 3.8) is 0 Å². The molecule has 2 aromatic rings. The van der Waals surface area contributed by atoms with Crippen LogP contribution in [0.5, 0.6) is 5.75 Å². The van der Waals surface area contributed by atoms with Gasteiger partial charge in [-0.1, -0.05) is 74.9 Å². The molecule has 2 fully saturated rings. The fourth-order valence-corrected chi connectivity index (χ4v) is 7.51. The topological polar surface area (TPSA) is 135 Å². The maximum absolute atomic E-state index is 15.0. The molecule has 254 valence electrons. The second-order valence-electron chi connectivity index (χ2n) is 12.9. The lowest BCUT2D eigenvalue weighted by Gasteiger charge is -2.40. The summed E-state index contributed by atoms with van der Waals surface area (Å²) in [6, 6.07) is 13.7. The summed E-state index contributed by atoms with van der Waals surface area (Å²) in [7, 11) is 1.56. The highest BCUT2D eigenvalue weighted by Gasteiger charge is 2.74. The third-order valence-corrected chi connectivity index (χ3v) is 10.2. The molecule has 1 spiro atoms. The van der Waals surface area contributed by atoms with Crippen LogP contribution in [0.2, 0.25) is 0 Å². The molecule has 11 nitrogen and oxygen atoms in total. The number of esters is 1. The maximum atomic E-state index is 15.0. The van der Waals surface area contributed by atoms with Gasteiger partial charge in [0.25, 0.3) is 5.91 Å². The Labute approximate surface area is 280 Å². The van der Waals surface area contributed by atoms with Gasteiger partial charge in [0.1, 0.15) is 24.0 Å². The number of nitrogens with zero attached hydrogens (tertiary/aromatic N) is 2. The van der Waals surface area contributed by atoms with Crippen molar-refractivity contribution >= 4 is 29.4 Å². The van der Waals surface area contributed by atoms with Crippen molar-refractivity contribution in [2.75, 3.05) is 31.8 Å². The van der Waals surface area contributed by atoms with Crippen molar-refractivity contribution in [3.8, 4) is 5.75 Å². The lowest BCUT2D eigenvalue weighted by molar-refractivity contribution is -0.147. The van der Waals surface area contributed by atoms with Crippen molar-refractivity contribution in [1.82, 2.24) is 10.2 Å². The van der Waals surface area contributed by atoms with E-state index in [0.29, 0.717) is 24.3 Å². The summed E-state index contributed by atoms with van der Waals surface area (Å²) in [6.45, 7) is 3.60. The number of ether oxygens (including phenoxy) is 3. The van der Waals surface area contributed by atoms with E-state index in [2.05, 4.69) is 5.32 Å². The fraction of sp³-hybridized carbons (Fsp3) is 0.459. The number of benzene rings is 2. The molecule has 2 saturated heterocycles. The van der Waals surface area contributed by atoms with Gasteiger partial charge < -0.3 is 34.4 Å². The number of rotatable bonds is 7. The molecule has 8 atom stereocenters. The lowest BCUT2D eigenvalue weighted by Crippen LogP contribution is -2.59. The first kappa shape index (κ1) is 33.4. The molecule has 4 heterocycles. The van der Waals surface area contributed by atoms with E-state index in [4.69, 9.17) is 14.2 Å². The van der Waals surface area contributed by atoms with Gasteiger partial charge in [-0.25, -0.2) is 0 Å². The molecule has 2 N–H and O–H groups in total. The van der Waals surface area contributed by atoms with Crippen LogP contribution >= 0.6 is 0 Å². The number of nitrogens with one attached hydrogen (secondary N) is 1. The number of amides is 3. The number of allylic oxidation sites excluding steroid dienone is 1. The van der Waals surface area contributed by atoms with Crippen LogP contribution in [0.1, 0.15) is 44.7 Å². The van der Waals surface area contributed by atoms with Crippen LogP contribution in [-0.4, -0.2) is 84.4 Å². The quantitative estimate of drug-likeness (QED) is 0.342. The van der Waals surface area contributed by atoms with Crippen LogP contribution in [0, 0.1) is 17.8 Å². The number of hydrogen-bond acceptors (Lipinski definition) is 8. The molecule has 0 radical (unpaired) electrons. The molecule has 4 aliphatic heterocycles. The molecular weight excluding hydrogens is 614 g/mol. The zero-order valence-corrected chi connectivity index (χ0v) is 27.5. The average Bonchev–Trinajstić information content (AvgIpc) is 3.75. The third kappa shape index (κ3) is 5.90. The van der Waals surface area contributed by atoms with Crippen LogP contribution < -0.4 is 15.0 Å². The highest BCUT2D eigenvalue weighted by molar-refractivity contribution is 6.05. The lowest BCUT2D eigenvalue weighted by atomic mass is 9.74. The van der Waals surface area contributed by atoms with Crippen LogP contribution in [0.15, 0.2) is 78.9 Å². The van der Waals surface area contributed by atoms with Gasteiger partial charge in [-0.3, -0.25) is 19.2 Å².